The number of non-ortho nitro benzene ring substituents is 1. The van der Waals surface area contributed by atoms with Crippen molar-refractivity contribution >= 4 is 17.1 Å². The summed E-state index contributed by atoms with van der Waals surface area (Å²) >= 11 is 0. The minimum Gasteiger partial charge on any atom is -0.381 e. The number of hydrogen-bond acceptors (Lipinski definition) is 5. The van der Waals surface area contributed by atoms with Gasteiger partial charge in [-0.05, 0) is 12.1 Å². The predicted molar refractivity (Wildman–Crippen MR) is 74.6 cm³/mol. The van der Waals surface area contributed by atoms with Crippen LogP contribution in [0.15, 0.2) is 42.5 Å². The Hall–Kier alpha value is -2.67. The van der Waals surface area contributed by atoms with Crippen LogP contribution in [0.4, 0.5) is 21.5 Å². The Kier molecular flexibility index (Phi) is 4.11. The molecule has 0 heterocycles. The van der Waals surface area contributed by atoms with E-state index in [9.17, 15) is 14.5 Å². The topological polar surface area (TPSA) is 93.2 Å². The first-order valence-electron chi connectivity index (χ1n) is 5.83. The fourth-order valence-corrected chi connectivity index (χ4v) is 1.74. The van der Waals surface area contributed by atoms with E-state index in [2.05, 4.69) is 10.7 Å². The van der Waals surface area contributed by atoms with Crippen LogP contribution >= 0.6 is 0 Å². The van der Waals surface area contributed by atoms with Crippen LogP contribution in [0, 0.1) is 15.9 Å². The van der Waals surface area contributed by atoms with E-state index >= 15 is 0 Å². The van der Waals surface area contributed by atoms with Gasteiger partial charge in [0.25, 0.3) is 5.69 Å². The summed E-state index contributed by atoms with van der Waals surface area (Å²) in [5.41, 5.74) is 3.61. The number of nitrogens with two attached hydrogens (primary N) is 1. The Morgan fingerprint density at radius 3 is 2.55 bits per heavy atom. The molecule has 0 saturated heterocycles. The highest BCUT2D eigenvalue weighted by Crippen LogP contribution is 2.24. The van der Waals surface area contributed by atoms with Gasteiger partial charge in [0.2, 0.25) is 0 Å². The smallest absolute Gasteiger partial charge is 0.273 e. The third-order valence-electron chi connectivity index (χ3n) is 2.74. The number of benzene rings is 2. The number of nitrogens with zero attached hydrogens (tertiary/aromatic N) is 1. The normalized spacial score (nSPS) is 10.1. The average Bonchev–Trinajstić information content (AvgIpc) is 2.46. The van der Waals surface area contributed by atoms with Gasteiger partial charge in [0, 0.05) is 29.9 Å². The maximum absolute atomic E-state index is 13.5. The molecule has 2 aromatic carbocycles. The predicted octanol–water partition coefficient (Wildman–Crippen LogP) is 2.63. The summed E-state index contributed by atoms with van der Waals surface area (Å²) in [6.07, 6.45) is 0. The second kappa shape index (κ2) is 5.98. The molecule has 0 bridgehead atoms. The number of nitrogen functional groups attached to an aromatic ring is 1. The molecule has 0 saturated carbocycles. The molecule has 2 aromatic rings. The van der Waals surface area contributed by atoms with E-state index < -0.39 is 4.92 Å². The highest BCUT2D eigenvalue weighted by atomic mass is 19.1. The first kappa shape index (κ1) is 13.8. The third kappa shape index (κ3) is 3.21. The van der Waals surface area contributed by atoms with Crippen molar-refractivity contribution in [2.24, 2.45) is 5.84 Å². The van der Waals surface area contributed by atoms with Crippen LogP contribution in [0.25, 0.3) is 0 Å². The van der Waals surface area contributed by atoms with Gasteiger partial charge in [0.15, 0.2) is 0 Å². The highest BCUT2D eigenvalue weighted by Gasteiger charge is 2.09. The SMILES string of the molecule is NNc1cc(NCc2ccccc2F)cc([N+](=O)[O-])c1. The van der Waals surface area contributed by atoms with Crippen LogP contribution in [0.1, 0.15) is 5.56 Å². The van der Waals surface area contributed by atoms with Crippen molar-refractivity contribution < 1.29 is 9.31 Å². The fraction of sp³-hybridized carbons (Fsp3) is 0.0769. The second-order valence-corrected chi connectivity index (χ2v) is 4.11. The van der Waals surface area contributed by atoms with Crippen molar-refractivity contribution in [3.8, 4) is 0 Å². The maximum atomic E-state index is 13.5. The number of rotatable bonds is 5. The van der Waals surface area contributed by atoms with Crippen LogP contribution in [-0.2, 0) is 6.54 Å². The molecule has 104 valence electrons. The lowest BCUT2D eigenvalue weighted by molar-refractivity contribution is -0.384. The zero-order valence-corrected chi connectivity index (χ0v) is 10.5. The molecule has 0 fully saturated rings. The summed E-state index contributed by atoms with van der Waals surface area (Å²) in [7, 11) is 0. The zero-order chi connectivity index (χ0) is 14.5. The molecule has 4 N–H and O–H groups in total. The number of nitrogens with one attached hydrogen (secondary N) is 2. The van der Waals surface area contributed by atoms with Crippen LogP contribution < -0.4 is 16.6 Å². The van der Waals surface area contributed by atoms with E-state index in [0.29, 0.717) is 16.9 Å². The van der Waals surface area contributed by atoms with Gasteiger partial charge in [0.05, 0.1) is 10.6 Å². The monoisotopic (exact) mass is 276 g/mol. The van der Waals surface area contributed by atoms with Crippen molar-refractivity contribution in [2.45, 2.75) is 6.54 Å². The minimum absolute atomic E-state index is 0.100. The van der Waals surface area contributed by atoms with Crippen molar-refractivity contribution in [1.29, 1.82) is 0 Å². The summed E-state index contributed by atoms with van der Waals surface area (Å²) in [6, 6.07) is 10.6. The average molecular weight is 276 g/mol. The molecule has 0 atom stereocenters. The van der Waals surface area contributed by atoms with Gasteiger partial charge < -0.3 is 10.7 Å². The van der Waals surface area contributed by atoms with Gasteiger partial charge in [-0.3, -0.25) is 16.0 Å². The molecule has 0 aliphatic carbocycles. The Labute approximate surface area is 114 Å². The molecule has 7 heteroatoms. The lowest BCUT2D eigenvalue weighted by Crippen LogP contribution is -2.08. The van der Waals surface area contributed by atoms with Gasteiger partial charge >= 0.3 is 0 Å². The minimum atomic E-state index is -0.519. The zero-order valence-electron chi connectivity index (χ0n) is 10.5. The number of hydrogen-bond donors (Lipinski definition) is 3. The van der Waals surface area contributed by atoms with Gasteiger partial charge in [-0.25, -0.2) is 4.39 Å². The van der Waals surface area contributed by atoms with E-state index in [4.69, 9.17) is 5.84 Å². The van der Waals surface area contributed by atoms with Gasteiger partial charge in [-0.1, -0.05) is 18.2 Å². The molecular formula is C13H13FN4O2. The molecule has 6 nitrogen and oxygen atoms in total. The van der Waals surface area contributed by atoms with Crippen molar-refractivity contribution in [3.63, 3.8) is 0 Å². The largest absolute Gasteiger partial charge is 0.381 e. The molecule has 0 amide bonds. The fourth-order valence-electron chi connectivity index (χ4n) is 1.74. The second-order valence-electron chi connectivity index (χ2n) is 4.11. The Balaban J connectivity index is 2.19. The quantitative estimate of drug-likeness (QED) is 0.443. The number of nitro groups is 1. The lowest BCUT2D eigenvalue weighted by atomic mass is 10.2. The number of anilines is 2. The van der Waals surface area contributed by atoms with Crippen LogP contribution in [0.3, 0.4) is 0 Å². The summed E-state index contributed by atoms with van der Waals surface area (Å²) in [6.45, 7) is 0.220. The molecule has 0 aliphatic rings. The number of nitro benzene ring substituents is 1. The summed E-state index contributed by atoms with van der Waals surface area (Å²) in [5.74, 6) is 4.93. The summed E-state index contributed by atoms with van der Waals surface area (Å²) in [4.78, 5) is 10.3. The van der Waals surface area contributed by atoms with E-state index in [0.717, 1.165) is 0 Å². The molecule has 0 spiro atoms. The Morgan fingerprint density at radius 1 is 1.20 bits per heavy atom. The first-order valence-corrected chi connectivity index (χ1v) is 5.83. The summed E-state index contributed by atoms with van der Waals surface area (Å²) in [5, 5.41) is 13.7. The Morgan fingerprint density at radius 2 is 1.90 bits per heavy atom. The van der Waals surface area contributed by atoms with Crippen LogP contribution in [0.2, 0.25) is 0 Å². The maximum Gasteiger partial charge on any atom is 0.273 e. The van der Waals surface area contributed by atoms with E-state index in [1.54, 1.807) is 24.3 Å². The van der Waals surface area contributed by atoms with Crippen molar-refractivity contribution in [2.75, 3.05) is 10.7 Å². The molecule has 0 unspecified atom stereocenters. The lowest BCUT2D eigenvalue weighted by Gasteiger charge is -2.09. The number of hydrazine groups is 1. The van der Waals surface area contributed by atoms with Gasteiger partial charge in [-0.15, -0.1) is 0 Å². The number of halogens is 1. The van der Waals surface area contributed by atoms with Gasteiger partial charge in [0.1, 0.15) is 5.82 Å². The molecular weight excluding hydrogens is 263 g/mol. The third-order valence-corrected chi connectivity index (χ3v) is 2.74. The molecule has 2 rings (SSSR count). The summed E-state index contributed by atoms with van der Waals surface area (Å²) < 4.78 is 13.5. The standard InChI is InChI=1S/C13H13FN4O2/c14-13-4-2-1-3-9(13)8-16-10-5-11(17-15)7-12(6-10)18(19)20/h1-7,16-17H,8,15H2. The van der Waals surface area contributed by atoms with Crippen LogP contribution in [0.5, 0.6) is 0 Å². The van der Waals surface area contributed by atoms with E-state index in [-0.39, 0.29) is 18.0 Å². The molecule has 20 heavy (non-hydrogen) atoms. The first-order chi connectivity index (χ1) is 9.60. The van der Waals surface area contributed by atoms with E-state index in [1.807, 2.05) is 0 Å². The Bertz CT molecular complexity index is 634. The van der Waals surface area contributed by atoms with Crippen molar-refractivity contribution in [3.05, 3.63) is 64.0 Å². The molecule has 0 aliphatic heterocycles. The van der Waals surface area contributed by atoms with Crippen LogP contribution in [-0.4, -0.2) is 4.92 Å². The van der Waals surface area contributed by atoms with E-state index in [1.165, 1.54) is 18.2 Å². The van der Waals surface area contributed by atoms with Gasteiger partial charge in [-0.2, -0.15) is 0 Å². The molecule has 0 radical (unpaired) electrons. The van der Waals surface area contributed by atoms with Crippen molar-refractivity contribution in [1.82, 2.24) is 0 Å². The molecule has 0 aromatic heterocycles. The highest BCUT2D eigenvalue weighted by molar-refractivity contribution is 5.63.